The summed E-state index contributed by atoms with van der Waals surface area (Å²) in [5.41, 5.74) is 0. The third-order valence-electron chi connectivity index (χ3n) is 2.96. The Morgan fingerprint density at radius 2 is 2.18 bits per heavy atom. The van der Waals surface area contributed by atoms with Crippen molar-refractivity contribution in [1.29, 1.82) is 0 Å². The zero-order chi connectivity index (χ0) is 8.27. The second-order valence-corrected chi connectivity index (χ2v) is 4.55. The first-order chi connectivity index (χ1) is 5.24. The maximum atomic E-state index is 6.05. The molecule has 0 spiro atoms. The van der Waals surface area contributed by atoms with Crippen LogP contribution in [0.25, 0.3) is 0 Å². The number of halogens is 1. The SMILES string of the molecule is CCCC(C)C1CCC(Cl)C1. The fourth-order valence-electron chi connectivity index (χ4n) is 2.17. The van der Waals surface area contributed by atoms with Crippen molar-refractivity contribution >= 4 is 11.6 Å². The molecule has 11 heavy (non-hydrogen) atoms. The van der Waals surface area contributed by atoms with Crippen LogP contribution in [-0.4, -0.2) is 5.38 Å². The van der Waals surface area contributed by atoms with E-state index >= 15 is 0 Å². The molecule has 1 fully saturated rings. The largest absolute Gasteiger partial charge is 0.123 e. The molecule has 0 saturated heterocycles. The molecule has 66 valence electrons. The molecule has 0 bridgehead atoms. The van der Waals surface area contributed by atoms with E-state index in [-0.39, 0.29) is 0 Å². The lowest BCUT2D eigenvalue weighted by Gasteiger charge is -2.17. The number of alkyl halides is 1. The van der Waals surface area contributed by atoms with E-state index in [0.29, 0.717) is 5.38 Å². The molecule has 3 unspecified atom stereocenters. The zero-order valence-corrected chi connectivity index (χ0v) is 8.40. The first-order valence-electron chi connectivity index (χ1n) is 4.88. The Hall–Kier alpha value is 0.290. The Labute approximate surface area is 75.3 Å². The molecule has 0 N–H and O–H groups in total. The van der Waals surface area contributed by atoms with Crippen LogP contribution in [0.1, 0.15) is 46.0 Å². The van der Waals surface area contributed by atoms with Gasteiger partial charge in [-0.05, 0) is 31.1 Å². The minimum absolute atomic E-state index is 0.485. The van der Waals surface area contributed by atoms with E-state index in [0.717, 1.165) is 11.8 Å². The summed E-state index contributed by atoms with van der Waals surface area (Å²) in [7, 11) is 0. The highest BCUT2D eigenvalue weighted by atomic mass is 35.5. The van der Waals surface area contributed by atoms with Crippen LogP contribution in [0.3, 0.4) is 0 Å². The zero-order valence-electron chi connectivity index (χ0n) is 7.65. The van der Waals surface area contributed by atoms with Crippen LogP contribution in [0.4, 0.5) is 0 Å². The van der Waals surface area contributed by atoms with Gasteiger partial charge in [0.05, 0.1) is 0 Å². The Morgan fingerprint density at radius 1 is 1.45 bits per heavy atom. The van der Waals surface area contributed by atoms with E-state index in [2.05, 4.69) is 13.8 Å². The van der Waals surface area contributed by atoms with Gasteiger partial charge in [0.2, 0.25) is 0 Å². The smallest absolute Gasteiger partial charge is 0.0338 e. The quantitative estimate of drug-likeness (QED) is 0.571. The molecular weight excluding hydrogens is 156 g/mol. The van der Waals surface area contributed by atoms with E-state index in [4.69, 9.17) is 11.6 Å². The third-order valence-corrected chi connectivity index (χ3v) is 3.35. The topological polar surface area (TPSA) is 0 Å². The van der Waals surface area contributed by atoms with Gasteiger partial charge in [0.25, 0.3) is 0 Å². The van der Waals surface area contributed by atoms with Gasteiger partial charge in [-0.1, -0.05) is 26.7 Å². The summed E-state index contributed by atoms with van der Waals surface area (Å²) in [4.78, 5) is 0. The van der Waals surface area contributed by atoms with Crippen LogP contribution in [0.5, 0.6) is 0 Å². The predicted molar refractivity (Wildman–Crippen MR) is 51.1 cm³/mol. The highest BCUT2D eigenvalue weighted by Gasteiger charge is 2.26. The van der Waals surface area contributed by atoms with Crippen molar-refractivity contribution in [3.05, 3.63) is 0 Å². The van der Waals surface area contributed by atoms with Crippen LogP contribution in [0.2, 0.25) is 0 Å². The lowest BCUT2D eigenvalue weighted by atomic mass is 9.89. The fourth-order valence-corrected chi connectivity index (χ4v) is 2.52. The Kier molecular flexibility index (Phi) is 3.71. The fraction of sp³-hybridized carbons (Fsp3) is 1.00. The van der Waals surface area contributed by atoms with Crippen molar-refractivity contribution in [2.75, 3.05) is 0 Å². The van der Waals surface area contributed by atoms with Crippen molar-refractivity contribution < 1.29 is 0 Å². The summed E-state index contributed by atoms with van der Waals surface area (Å²) in [6, 6.07) is 0. The van der Waals surface area contributed by atoms with Crippen molar-refractivity contribution in [2.24, 2.45) is 11.8 Å². The molecule has 1 heteroatoms. The molecular formula is C10H19Cl. The van der Waals surface area contributed by atoms with Crippen LogP contribution in [-0.2, 0) is 0 Å². The average Bonchev–Trinajstić information content (AvgIpc) is 2.36. The monoisotopic (exact) mass is 174 g/mol. The summed E-state index contributed by atoms with van der Waals surface area (Å²) in [6.07, 6.45) is 6.59. The molecule has 0 aromatic carbocycles. The third kappa shape index (κ3) is 2.66. The van der Waals surface area contributed by atoms with Gasteiger partial charge in [-0.2, -0.15) is 0 Å². The minimum Gasteiger partial charge on any atom is -0.123 e. The predicted octanol–water partition coefficient (Wildman–Crippen LogP) is 3.83. The minimum atomic E-state index is 0.485. The van der Waals surface area contributed by atoms with Crippen molar-refractivity contribution in [1.82, 2.24) is 0 Å². The van der Waals surface area contributed by atoms with E-state index < -0.39 is 0 Å². The molecule has 0 nitrogen and oxygen atoms in total. The van der Waals surface area contributed by atoms with Crippen LogP contribution in [0.15, 0.2) is 0 Å². The van der Waals surface area contributed by atoms with Gasteiger partial charge >= 0.3 is 0 Å². The highest BCUT2D eigenvalue weighted by molar-refractivity contribution is 6.20. The van der Waals surface area contributed by atoms with Gasteiger partial charge in [0.15, 0.2) is 0 Å². The Balaban J connectivity index is 2.25. The van der Waals surface area contributed by atoms with Crippen molar-refractivity contribution in [3.8, 4) is 0 Å². The molecule has 0 aromatic heterocycles. The maximum absolute atomic E-state index is 6.05. The molecule has 1 rings (SSSR count). The van der Waals surface area contributed by atoms with E-state index in [1.54, 1.807) is 0 Å². The molecule has 0 heterocycles. The summed E-state index contributed by atoms with van der Waals surface area (Å²) >= 11 is 6.05. The summed E-state index contributed by atoms with van der Waals surface area (Å²) in [5.74, 6) is 1.83. The molecule has 0 amide bonds. The Bertz CT molecular complexity index is 111. The van der Waals surface area contributed by atoms with E-state index in [1.165, 1.54) is 32.1 Å². The van der Waals surface area contributed by atoms with Crippen molar-refractivity contribution in [3.63, 3.8) is 0 Å². The van der Waals surface area contributed by atoms with Crippen LogP contribution in [0, 0.1) is 11.8 Å². The lowest BCUT2D eigenvalue weighted by Crippen LogP contribution is -2.07. The van der Waals surface area contributed by atoms with Crippen LogP contribution >= 0.6 is 11.6 Å². The average molecular weight is 175 g/mol. The maximum Gasteiger partial charge on any atom is 0.0338 e. The molecule has 1 saturated carbocycles. The van der Waals surface area contributed by atoms with Crippen LogP contribution < -0.4 is 0 Å². The summed E-state index contributed by atoms with van der Waals surface area (Å²) in [6.45, 7) is 4.65. The Morgan fingerprint density at radius 3 is 2.64 bits per heavy atom. The van der Waals surface area contributed by atoms with Gasteiger partial charge < -0.3 is 0 Å². The molecule has 3 atom stereocenters. The summed E-state index contributed by atoms with van der Waals surface area (Å²) in [5, 5.41) is 0.485. The standard InChI is InChI=1S/C10H19Cl/c1-3-4-8(2)9-5-6-10(11)7-9/h8-10H,3-7H2,1-2H3. The van der Waals surface area contributed by atoms with Gasteiger partial charge in [-0.15, -0.1) is 11.6 Å². The van der Waals surface area contributed by atoms with Crippen molar-refractivity contribution in [2.45, 2.75) is 51.3 Å². The number of hydrogen-bond donors (Lipinski definition) is 0. The van der Waals surface area contributed by atoms with E-state index in [9.17, 15) is 0 Å². The second kappa shape index (κ2) is 4.35. The van der Waals surface area contributed by atoms with Gasteiger partial charge in [0, 0.05) is 5.38 Å². The first kappa shape index (κ1) is 9.38. The highest BCUT2D eigenvalue weighted by Crippen LogP contribution is 2.36. The normalized spacial score (nSPS) is 34.1. The first-order valence-corrected chi connectivity index (χ1v) is 5.31. The lowest BCUT2D eigenvalue weighted by molar-refractivity contribution is 0.343. The van der Waals surface area contributed by atoms with Gasteiger partial charge in [-0.3, -0.25) is 0 Å². The van der Waals surface area contributed by atoms with Gasteiger partial charge in [-0.25, -0.2) is 0 Å². The molecule has 1 aliphatic rings. The molecule has 0 aliphatic heterocycles. The summed E-state index contributed by atoms with van der Waals surface area (Å²) < 4.78 is 0. The second-order valence-electron chi connectivity index (χ2n) is 3.94. The number of hydrogen-bond acceptors (Lipinski definition) is 0. The number of rotatable bonds is 3. The molecule has 1 aliphatic carbocycles. The molecule has 0 aromatic rings. The molecule has 0 radical (unpaired) electrons. The van der Waals surface area contributed by atoms with E-state index in [1.807, 2.05) is 0 Å². The van der Waals surface area contributed by atoms with Gasteiger partial charge in [0.1, 0.15) is 0 Å².